The number of carbonyl (C=O) groups excluding carboxylic acids is 2. The number of rotatable bonds is 5. The van der Waals surface area contributed by atoms with Gasteiger partial charge in [-0.05, 0) is 35.9 Å². The first-order valence-electron chi connectivity index (χ1n) is 6.98. The zero-order valence-corrected chi connectivity index (χ0v) is 13.6. The highest BCUT2D eigenvalue weighted by Gasteiger charge is 2.14. The Morgan fingerprint density at radius 1 is 1.13 bits per heavy atom. The maximum absolute atomic E-state index is 12.2. The molecule has 0 heterocycles. The van der Waals surface area contributed by atoms with Crippen LogP contribution in [0.2, 0.25) is 5.02 Å². The molecular weight excluding hydrogens is 316 g/mol. The van der Waals surface area contributed by atoms with Gasteiger partial charge in [-0.2, -0.15) is 0 Å². The smallest absolute Gasteiger partial charge is 0.253 e. The molecule has 0 bridgehead atoms. The van der Waals surface area contributed by atoms with Gasteiger partial charge >= 0.3 is 0 Å². The van der Waals surface area contributed by atoms with Crippen LogP contribution in [0.15, 0.2) is 42.5 Å². The molecule has 0 aromatic heterocycles. The summed E-state index contributed by atoms with van der Waals surface area (Å²) in [5.41, 5.74) is 1.61. The van der Waals surface area contributed by atoms with E-state index in [0.717, 1.165) is 5.56 Å². The van der Waals surface area contributed by atoms with Crippen molar-refractivity contribution in [2.45, 2.75) is 6.42 Å². The number of benzene rings is 2. The fourth-order valence-electron chi connectivity index (χ4n) is 2.06. The molecule has 5 nitrogen and oxygen atoms in total. The highest BCUT2D eigenvalue weighted by molar-refractivity contribution is 6.30. The molecule has 0 fully saturated rings. The molecule has 2 amide bonds. The molecule has 2 N–H and O–H groups in total. The lowest BCUT2D eigenvalue weighted by Crippen LogP contribution is -2.22. The van der Waals surface area contributed by atoms with Gasteiger partial charge in [-0.3, -0.25) is 9.59 Å². The molecule has 2 rings (SSSR count). The van der Waals surface area contributed by atoms with Crippen molar-refractivity contribution in [1.29, 1.82) is 0 Å². The van der Waals surface area contributed by atoms with Crippen molar-refractivity contribution in [3.05, 3.63) is 58.6 Å². The average molecular weight is 333 g/mol. The van der Waals surface area contributed by atoms with Crippen molar-refractivity contribution in [3.8, 4) is 5.75 Å². The van der Waals surface area contributed by atoms with Gasteiger partial charge in [-0.15, -0.1) is 0 Å². The summed E-state index contributed by atoms with van der Waals surface area (Å²) in [6.07, 6.45) is 0.191. The molecule has 2 aromatic carbocycles. The van der Waals surface area contributed by atoms with Crippen molar-refractivity contribution in [2.24, 2.45) is 0 Å². The van der Waals surface area contributed by atoms with E-state index in [9.17, 15) is 9.59 Å². The van der Waals surface area contributed by atoms with Crippen LogP contribution in [0, 0.1) is 0 Å². The topological polar surface area (TPSA) is 67.4 Å². The van der Waals surface area contributed by atoms with Crippen LogP contribution in [0.1, 0.15) is 15.9 Å². The zero-order chi connectivity index (χ0) is 16.8. The number of hydrogen-bond donors (Lipinski definition) is 2. The van der Waals surface area contributed by atoms with E-state index in [1.807, 2.05) is 0 Å². The van der Waals surface area contributed by atoms with Gasteiger partial charge in [0.15, 0.2) is 0 Å². The Balaban J connectivity index is 2.16. The van der Waals surface area contributed by atoms with Crippen molar-refractivity contribution >= 4 is 29.1 Å². The third kappa shape index (κ3) is 4.47. The van der Waals surface area contributed by atoms with Gasteiger partial charge in [0.05, 0.1) is 24.8 Å². The van der Waals surface area contributed by atoms with Gasteiger partial charge < -0.3 is 15.4 Å². The average Bonchev–Trinajstić information content (AvgIpc) is 2.56. The molecule has 0 unspecified atom stereocenters. The van der Waals surface area contributed by atoms with E-state index in [4.69, 9.17) is 16.3 Å². The lowest BCUT2D eigenvalue weighted by Gasteiger charge is -2.12. The summed E-state index contributed by atoms with van der Waals surface area (Å²) in [5.74, 6) is 0.0210. The number of methoxy groups -OCH3 is 1. The molecule has 0 atom stereocenters. The first-order chi connectivity index (χ1) is 11.0. The van der Waals surface area contributed by atoms with E-state index < -0.39 is 0 Å². The fourth-order valence-corrected chi connectivity index (χ4v) is 2.19. The van der Waals surface area contributed by atoms with Crippen LogP contribution in [0.4, 0.5) is 5.69 Å². The van der Waals surface area contributed by atoms with Crippen LogP contribution in [-0.4, -0.2) is 26.0 Å². The van der Waals surface area contributed by atoms with Crippen LogP contribution in [0.25, 0.3) is 0 Å². The summed E-state index contributed by atoms with van der Waals surface area (Å²) in [7, 11) is 3.04. The fraction of sp³-hybridized carbons (Fsp3) is 0.176. The Morgan fingerprint density at radius 3 is 2.43 bits per heavy atom. The summed E-state index contributed by atoms with van der Waals surface area (Å²) in [6, 6.07) is 11.9. The zero-order valence-electron chi connectivity index (χ0n) is 12.9. The first-order valence-corrected chi connectivity index (χ1v) is 7.35. The van der Waals surface area contributed by atoms with E-state index in [0.29, 0.717) is 22.0 Å². The number of anilines is 1. The quantitative estimate of drug-likeness (QED) is 0.884. The van der Waals surface area contributed by atoms with Crippen LogP contribution >= 0.6 is 11.6 Å². The van der Waals surface area contributed by atoms with Gasteiger partial charge in [0.2, 0.25) is 5.91 Å². The summed E-state index contributed by atoms with van der Waals surface area (Å²) in [5, 5.41) is 5.91. The Kier molecular flexibility index (Phi) is 5.60. The van der Waals surface area contributed by atoms with Gasteiger partial charge in [0.25, 0.3) is 5.91 Å². The largest absolute Gasteiger partial charge is 0.497 e. The first kappa shape index (κ1) is 16.8. The van der Waals surface area contributed by atoms with Crippen LogP contribution < -0.4 is 15.4 Å². The normalized spacial score (nSPS) is 10.0. The highest BCUT2D eigenvalue weighted by Crippen LogP contribution is 2.22. The Morgan fingerprint density at radius 2 is 1.83 bits per heavy atom. The number of nitrogens with one attached hydrogen (secondary N) is 2. The Labute approximate surface area is 139 Å². The maximum atomic E-state index is 12.2. The van der Waals surface area contributed by atoms with Crippen LogP contribution in [0.5, 0.6) is 5.75 Å². The monoisotopic (exact) mass is 332 g/mol. The Hall–Kier alpha value is -2.53. The molecule has 0 aliphatic rings. The molecule has 0 radical (unpaired) electrons. The second-order valence-corrected chi connectivity index (χ2v) is 5.28. The molecule has 23 heavy (non-hydrogen) atoms. The second-order valence-electron chi connectivity index (χ2n) is 4.84. The molecule has 2 aromatic rings. The SMILES string of the molecule is CNC(=O)c1cc(OC)ccc1NC(=O)Cc1ccc(Cl)cc1. The molecule has 0 saturated heterocycles. The molecular formula is C17H17ClN2O3. The lowest BCUT2D eigenvalue weighted by atomic mass is 10.1. The predicted molar refractivity (Wildman–Crippen MR) is 90.2 cm³/mol. The van der Waals surface area contributed by atoms with Crippen LogP contribution in [0.3, 0.4) is 0 Å². The second kappa shape index (κ2) is 7.65. The van der Waals surface area contributed by atoms with Crippen molar-refractivity contribution in [1.82, 2.24) is 5.32 Å². The van der Waals surface area contributed by atoms with E-state index >= 15 is 0 Å². The van der Waals surface area contributed by atoms with Crippen molar-refractivity contribution in [2.75, 3.05) is 19.5 Å². The number of ether oxygens (including phenoxy) is 1. The predicted octanol–water partition coefficient (Wildman–Crippen LogP) is 2.89. The number of hydrogen-bond acceptors (Lipinski definition) is 3. The Bertz CT molecular complexity index is 714. The summed E-state index contributed by atoms with van der Waals surface area (Å²) < 4.78 is 5.11. The van der Waals surface area contributed by atoms with Crippen molar-refractivity contribution < 1.29 is 14.3 Å². The number of carbonyl (C=O) groups is 2. The van der Waals surface area contributed by atoms with E-state index in [2.05, 4.69) is 10.6 Å². The van der Waals surface area contributed by atoms with Gasteiger partial charge in [0.1, 0.15) is 5.75 Å². The molecule has 0 aliphatic heterocycles. The molecule has 0 spiro atoms. The summed E-state index contributed by atoms with van der Waals surface area (Å²) >= 11 is 5.82. The number of amides is 2. The van der Waals surface area contributed by atoms with E-state index in [1.54, 1.807) is 42.5 Å². The van der Waals surface area contributed by atoms with E-state index in [1.165, 1.54) is 14.2 Å². The number of halogens is 1. The molecule has 120 valence electrons. The molecule has 0 aliphatic carbocycles. The summed E-state index contributed by atoms with van der Waals surface area (Å²) in [4.78, 5) is 24.1. The third-order valence-corrected chi connectivity index (χ3v) is 3.50. The maximum Gasteiger partial charge on any atom is 0.253 e. The third-order valence-electron chi connectivity index (χ3n) is 3.25. The minimum atomic E-state index is -0.300. The molecule has 0 saturated carbocycles. The van der Waals surface area contributed by atoms with Gasteiger partial charge in [-0.1, -0.05) is 23.7 Å². The molecule has 6 heteroatoms. The standard InChI is InChI=1S/C17H17ClN2O3/c1-19-17(22)14-10-13(23-2)7-8-15(14)20-16(21)9-11-3-5-12(18)6-4-11/h3-8,10H,9H2,1-2H3,(H,19,22)(H,20,21). The van der Waals surface area contributed by atoms with Gasteiger partial charge in [0, 0.05) is 12.1 Å². The van der Waals surface area contributed by atoms with Crippen LogP contribution in [-0.2, 0) is 11.2 Å². The summed E-state index contributed by atoms with van der Waals surface area (Å²) in [6.45, 7) is 0. The van der Waals surface area contributed by atoms with Crippen molar-refractivity contribution in [3.63, 3.8) is 0 Å². The van der Waals surface area contributed by atoms with Gasteiger partial charge in [-0.25, -0.2) is 0 Å². The minimum Gasteiger partial charge on any atom is -0.497 e. The minimum absolute atomic E-state index is 0.191. The van der Waals surface area contributed by atoms with E-state index in [-0.39, 0.29) is 18.2 Å². The lowest BCUT2D eigenvalue weighted by molar-refractivity contribution is -0.115. The highest BCUT2D eigenvalue weighted by atomic mass is 35.5.